The predicted molar refractivity (Wildman–Crippen MR) is 56.1 cm³/mol. The van der Waals surface area contributed by atoms with Crippen molar-refractivity contribution in [2.45, 2.75) is 38.1 Å². The number of nitrogens with zero attached hydrogens (tertiary/aromatic N) is 2. The minimum Gasteiger partial charge on any atom is -0.211 e. The molecule has 1 rings (SSSR count). The molecule has 0 aromatic rings. The van der Waals surface area contributed by atoms with Crippen molar-refractivity contribution in [1.82, 2.24) is 0 Å². The van der Waals surface area contributed by atoms with Crippen LogP contribution in [0.5, 0.6) is 0 Å². The number of aliphatic imine (C=N–C) groups is 2. The Morgan fingerprint density at radius 3 is 2.93 bits per heavy atom. The van der Waals surface area contributed by atoms with Crippen LogP contribution in [-0.2, 0) is 9.59 Å². The summed E-state index contributed by atoms with van der Waals surface area (Å²) in [6, 6.07) is 0.0106. The van der Waals surface area contributed by atoms with E-state index >= 15 is 0 Å². The third-order valence-corrected chi connectivity index (χ3v) is 2.54. The summed E-state index contributed by atoms with van der Waals surface area (Å²) in [4.78, 5) is 27.3. The Morgan fingerprint density at radius 1 is 1.33 bits per heavy atom. The smallest absolute Gasteiger partial charge is 0.211 e. The van der Waals surface area contributed by atoms with Gasteiger partial charge in [0.1, 0.15) is 0 Å². The van der Waals surface area contributed by atoms with Gasteiger partial charge in [-0.15, -0.1) is 0 Å². The average molecular weight is 206 g/mol. The Kier molecular flexibility index (Phi) is 5.31. The van der Waals surface area contributed by atoms with Crippen LogP contribution in [0.15, 0.2) is 21.6 Å². The highest BCUT2D eigenvalue weighted by atomic mass is 16.1. The van der Waals surface area contributed by atoms with Gasteiger partial charge >= 0.3 is 0 Å². The van der Waals surface area contributed by atoms with Crippen LogP contribution >= 0.6 is 0 Å². The lowest BCUT2D eigenvalue weighted by molar-refractivity contribution is 0.521. The molecule has 1 aliphatic carbocycles. The fourth-order valence-electron chi connectivity index (χ4n) is 1.83. The van der Waals surface area contributed by atoms with Gasteiger partial charge in [0.05, 0.1) is 12.6 Å². The lowest BCUT2D eigenvalue weighted by atomic mass is 9.90. The van der Waals surface area contributed by atoms with Crippen molar-refractivity contribution in [2.24, 2.45) is 9.98 Å². The first-order valence-corrected chi connectivity index (χ1v) is 5.18. The minimum absolute atomic E-state index is 0.0106. The fraction of sp³-hybridized carbons (Fsp3) is 0.636. The van der Waals surface area contributed by atoms with Crippen LogP contribution in [0, 0.1) is 0 Å². The molecule has 0 N–H and O–H groups in total. The summed E-state index contributed by atoms with van der Waals surface area (Å²) >= 11 is 0. The molecule has 0 aliphatic heterocycles. The fourth-order valence-corrected chi connectivity index (χ4v) is 1.83. The second kappa shape index (κ2) is 6.88. The second-order valence-corrected chi connectivity index (χ2v) is 3.52. The molecule has 0 heterocycles. The normalized spacial score (nSPS) is 22.9. The highest BCUT2D eigenvalue weighted by Gasteiger charge is 2.17. The molecule has 0 spiro atoms. The molecule has 4 nitrogen and oxygen atoms in total. The Labute approximate surface area is 88.8 Å². The van der Waals surface area contributed by atoms with Crippen molar-refractivity contribution in [1.29, 1.82) is 0 Å². The van der Waals surface area contributed by atoms with Gasteiger partial charge in [0.25, 0.3) is 0 Å². The number of isocyanates is 2. The highest BCUT2D eigenvalue weighted by molar-refractivity contribution is 5.36. The molecule has 1 fully saturated rings. The summed E-state index contributed by atoms with van der Waals surface area (Å²) in [6.45, 7) is 0.463. The van der Waals surface area contributed by atoms with Crippen LogP contribution in [0.2, 0.25) is 0 Å². The van der Waals surface area contributed by atoms with Crippen molar-refractivity contribution in [3.05, 3.63) is 11.6 Å². The molecule has 0 aromatic heterocycles. The Hall–Kier alpha value is -1.50. The SMILES string of the molecule is O=C=NCCC=C1CCCCC1N=C=O. The van der Waals surface area contributed by atoms with E-state index in [9.17, 15) is 9.59 Å². The molecule has 4 heteroatoms. The molecule has 1 atom stereocenters. The molecule has 0 amide bonds. The zero-order chi connectivity index (χ0) is 10.9. The second-order valence-electron chi connectivity index (χ2n) is 3.52. The molecular weight excluding hydrogens is 192 g/mol. The van der Waals surface area contributed by atoms with E-state index in [1.54, 1.807) is 6.08 Å². The number of hydrogen-bond donors (Lipinski definition) is 0. The number of rotatable bonds is 4. The van der Waals surface area contributed by atoms with Gasteiger partial charge in [0.15, 0.2) is 0 Å². The molecule has 0 saturated heterocycles. The summed E-state index contributed by atoms with van der Waals surface area (Å²) in [5.41, 5.74) is 1.19. The van der Waals surface area contributed by atoms with Gasteiger partial charge in [-0.25, -0.2) is 14.6 Å². The van der Waals surface area contributed by atoms with Gasteiger partial charge in [-0.1, -0.05) is 12.5 Å². The van der Waals surface area contributed by atoms with Gasteiger partial charge in [-0.2, -0.15) is 4.99 Å². The van der Waals surface area contributed by atoms with Crippen molar-refractivity contribution in [3.8, 4) is 0 Å². The first-order valence-electron chi connectivity index (χ1n) is 5.18. The predicted octanol–water partition coefficient (Wildman–Crippen LogP) is 1.92. The summed E-state index contributed by atoms with van der Waals surface area (Å²) in [7, 11) is 0. The van der Waals surface area contributed by atoms with Gasteiger partial charge in [-0.3, -0.25) is 0 Å². The van der Waals surface area contributed by atoms with Crippen LogP contribution in [-0.4, -0.2) is 24.7 Å². The maximum atomic E-state index is 10.2. The maximum absolute atomic E-state index is 10.2. The first kappa shape index (κ1) is 11.6. The first-order chi connectivity index (χ1) is 7.38. The zero-order valence-corrected chi connectivity index (χ0v) is 8.61. The molecule has 80 valence electrons. The largest absolute Gasteiger partial charge is 0.235 e. The van der Waals surface area contributed by atoms with E-state index in [1.807, 2.05) is 6.08 Å². The summed E-state index contributed by atoms with van der Waals surface area (Å²) in [5, 5.41) is 0. The summed E-state index contributed by atoms with van der Waals surface area (Å²) < 4.78 is 0. The monoisotopic (exact) mass is 206 g/mol. The lowest BCUT2D eigenvalue weighted by Gasteiger charge is -2.20. The molecule has 1 saturated carbocycles. The van der Waals surface area contributed by atoms with E-state index in [1.165, 1.54) is 11.7 Å². The van der Waals surface area contributed by atoms with Gasteiger partial charge in [0.2, 0.25) is 12.2 Å². The molecule has 1 unspecified atom stereocenters. The average Bonchev–Trinajstić information content (AvgIpc) is 2.27. The van der Waals surface area contributed by atoms with Gasteiger partial charge in [-0.05, 0) is 31.3 Å². The van der Waals surface area contributed by atoms with E-state index in [2.05, 4.69) is 9.98 Å². The molecular formula is C11H14N2O2. The molecule has 0 aromatic carbocycles. The Bertz CT molecular complexity index is 323. The van der Waals surface area contributed by atoms with Gasteiger partial charge < -0.3 is 0 Å². The van der Waals surface area contributed by atoms with E-state index in [4.69, 9.17) is 0 Å². The van der Waals surface area contributed by atoms with Crippen molar-refractivity contribution in [2.75, 3.05) is 6.54 Å². The van der Waals surface area contributed by atoms with Crippen LogP contribution in [0.3, 0.4) is 0 Å². The van der Waals surface area contributed by atoms with Crippen LogP contribution < -0.4 is 0 Å². The van der Waals surface area contributed by atoms with Crippen molar-refractivity contribution >= 4 is 12.2 Å². The third kappa shape index (κ3) is 4.03. The standard InChI is InChI=1S/C11H14N2O2/c14-8-12-7-3-5-10-4-1-2-6-11(10)13-9-15/h5,11H,1-4,6-7H2. The lowest BCUT2D eigenvalue weighted by Crippen LogP contribution is -2.13. The maximum Gasteiger partial charge on any atom is 0.235 e. The molecule has 0 radical (unpaired) electrons. The van der Waals surface area contributed by atoms with E-state index in [0.29, 0.717) is 6.54 Å². The van der Waals surface area contributed by atoms with Crippen molar-refractivity contribution < 1.29 is 9.59 Å². The molecule has 1 aliphatic rings. The van der Waals surface area contributed by atoms with Crippen LogP contribution in [0.25, 0.3) is 0 Å². The Morgan fingerprint density at radius 2 is 2.20 bits per heavy atom. The summed E-state index contributed by atoms with van der Waals surface area (Å²) in [5.74, 6) is 0. The highest BCUT2D eigenvalue weighted by Crippen LogP contribution is 2.26. The molecule has 0 bridgehead atoms. The Balaban J connectivity index is 2.54. The quantitative estimate of drug-likeness (QED) is 0.305. The summed E-state index contributed by atoms with van der Waals surface area (Å²) in [6.07, 6.45) is 10.0. The van der Waals surface area contributed by atoms with Crippen molar-refractivity contribution in [3.63, 3.8) is 0 Å². The van der Waals surface area contributed by atoms with E-state index in [-0.39, 0.29) is 6.04 Å². The zero-order valence-electron chi connectivity index (χ0n) is 8.61. The van der Waals surface area contributed by atoms with E-state index in [0.717, 1.165) is 32.1 Å². The van der Waals surface area contributed by atoms with E-state index < -0.39 is 0 Å². The topological polar surface area (TPSA) is 58.9 Å². The number of carbonyl (C=O) groups excluding carboxylic acids is 2. The van der Waals surface area contributed by atoms with Crippen LogP contribution in [0.4, 0.5) is 0 Å². The molecule has 15 heavy (non-hydrogen) atoms. The number of hydrogen-bond acceptors (Lipinski definition) is 4. The third-order valence-electron chi connectivity index (χ3n) is 2.54. The minimum atomic E-state index is 0.0106. The van der Waals surface area contributed by atoms with Crippen LogP contribution in [0.1, 0.15) is 32.1 Å². The van der Waals surface area contributed by atoms with Gasteiger partial charge in [0, 0.05) is 0 Å².